The summed E-state index contributed by atoms with van der Waals surface area (Å²) in [5.41, 5.74) is 9.47. The summed E-state index contributed by atoms with van der Waals surface area (Å²) >= 11 is 0. The van der Waals surface area contributed by atoms with Crippen molar-refractivity contribution in [3.63, 3.8) is 0 Å². The van der Waals surface area contributed by atoms with E-state index in [1.54, 1.807) is 0 Å². The lowest BCUT2D eigenvalue weighted by Crippen LogP contribution is -2.35. The molecule has 0 saturated heterocycles. The van der Waals surface area contributed by atoms with E-state index in [0.29, 0.717) is 6.54 Å². The molecule has 0 aliphatic carbocycles. The smallest absolute Gasteiger partial charge is 0.225 e. The highest BCUT2D eigenvalue weighted by Gasteiger charge is 2.21. The number of hydrogen-bond acceptors (Lipinski definition) is 2. The number of amides is 1. The summed E-state index contributed by atoms with van der Waals surface area (Å²) in [6.45, 7) is 4.45. The summed E-state index contributed by atoms with van der Waals surface area (Å²) in [5, 5.41) is 2.97. The van der Waals surface area contributed by atoms with Crippen LogP contribution in [0.1, 0.15) is 29.7 Å². The molecule has 0 bridgehead atoms. The van der Waals surface area contributed by atoms with Crippen LogP contribution >= 0.6 is 0 Å². The fraction of sp³-hybridized carbons (Fsp3) is 0.278. The number of nitrogens with two attached hydrogens (primary N) is 1. The molecule has 110 valence electrons. The van der Waals surface area contributed by atoms with Gasteiger partial charge in [0.2, 0.25) is 5.91 Å². The molecule has 2 atom stereocenters. The van der Waals surface area contributed by atoms with Crippen LogP contribution in [0.25, 0.3) is 0 Å². The van der Waals surface area contributed by atoms with Gasteiger partial charge in [-0.25, -0.2) is 0 Å². The third-order valence-electron chi connectivity index (χ3n) is 3.85. The van der Waals surface area contributed by atoms with Crippen LogP contribution in [0.4, 0.5) is 0 Å². The van der Waals surface area contributed by atoms with Crippen molar-refractivity contribution in [1.82, 2.24) is 5.32 Å². The minimum Gasteiger partial charge on any atom is -0.352 e. The summed E-state index contributed by atoms with van der Waals surface area (Å²) in [6, 6.07) is 17.5. The van der Waals surface area contributed by atoms with Crippen LogP contribution in [0.3, 0.4) is 0 Å². The number of carbonyl (C=O) groups is 1. The lowest BCUT2D eigenvalue weighted by atomic mass is 9.94. The monoisotopic (exact) mass is 282 g/mol. The minimum atomic E-state index is -0.289. The highest BCUT2D eigenvalue weighted by molar-refractivity contribution is 5.79. The van der Waals surface area contributed by atoms with Gasteiger partial charge in [-0.1, -0.05) is 61.5 Å². The van der Waals surface area contributed by atoms with Gasteiger partial charge < -0.3 is 11.1 Å². The number of rotatable bonds is 5. The molecule has 0 heterocycles. The third kappa shape index (κ3) is 3.92. The molecule has 1 amide bonds. The van der Waals surface area contributed by atoms with Crippen LogP contribution in [0.15, 0.2) is 54.6 Å². The molecule has 0 fully saturated rings. The van der Waals surface area contributed by atoms with Crippen molar-refractivity contribution in [2.75, 3.05) is 0 Å². The van der Waals surface area contributed by atoms with Crippen molar-refractivity contribution in [2.24, 2.45) is 11.7 Å². The van der Waals surface area contributed by atoms with Crippen molar-refractivity contribution in [2.45, 2.75) is 26.4 Å². The summed E-state index contributed by atoms with van der Waals surface area (Å²) in [5.74, 6) is -0.286. The average Bonchev–Trinajstić information content (AvgIpc) is 2.53. The molecular weight excluding hydrogens is 260 g/mol. The first kappa shape index (κ1) is 15.3. The number of benzene rings is 2. The van der Waals surface area contributed by atoms with Crippen molar-refractivity contribution in [3.05, 3.63) is 71.3 Å². The molecule has 2 rings (SSSR count). The zero-order chi connectivity index (χ0) is 15.2. The Kier molecular flexibility index (Phi) is 5.12. The van der Waals surface area contributed by atoms with E-state index >= 15 is 0 Å². The lowest BCUT2D eigenvalue weighted by Gasteiger charge is -2.20. The predicted octanol–water partition coefficient (Wildman–Crippen LogP) is 2.95. The fourth-order valence-corrected chi connectivity index (χ4v) is 2.28. The Bertz CT molecular complexity index is 595. The Hall–Kier alpha value is -2.13. The van der Waals surface area contributed by atoms with Gasteiger partial charge in [0, 0.05) is 12.6 Å². The van der Waals surface area contributed by atoms with Crippen LogP contribution in [-0.2, 0) is 11.3 Å². The van der Waals surface area contributed by atoms with Gasteiger partial charge in [-0.15, -0.1) is 0 Å². The first-order chi connectivity index (χ1) is 10.1. The maximum atomic E-state index is 12.3. The second kappa shape index (κ2) is 7.04. The maximum Gasteiger partial charge on any atom is 0.225 e. The van der Waals surface area contributed by atoms with Crippen molar-refractivity contribution in [3.8, 4) is 0 Å². The van der Waals surface area contributed by atoms with Crippen LogP contribution in [0.2, 0.25) is 0 Å². The fourth-order valence-electron chi connectivity index (χ4n) is 2.28. The number of carbonyl (C=O) groups excluding carboxylic acids is 1. The van der Waals surface area contributed by atoms with Crippen LogP contribution < -0.4 is 11.1 Å². The van der Waals surface area contributed by atoms with E-state index in [1.807, 2.05) is 68.4 Å². The average molecular weight is 282 g/mol. The van der Waals surface area contributed by atoms with E-state index in [9.17, 15) is 4.79 Å². The predicted molar refractivity (Wildman–Crippen MR) is 85.6 cm³/mol. The second-order valence-corrected chi connectivity index (χ2v) is 5.37. The molecule has 0 spiro atoms. The van der Waals surface area contributed by atoms with Crippen molar-refractivity contribution in [1.29, 1.82) is 0 Å². The van der Waals surface area contributed by atoms with Gasteiger partial charge in [-0.3, -0.25) is 4.79 Å². The first-order valence-corrected chi connectivity index (χ1v) is 7.22. The Morgan fingerprint density at radius 2 is 1.71 bits per heavy atom. The zero-order valence-corrected chi connectivity index (χ0v) is 12.5. The Balaban J connectivity index is 1.95. The van der Waals surface area contributed by atoms with E-state index in [-0.39, 0.29) is 17.9 Å². The summed E-state index contributed by atoms with van der Waals surface area (Å²) < 4.78 is 0. The van der Waals surface area contributed by atoms with E-state index < -0.39 is 0 Å². The first-order valence-electron chi connectivity index (χ1n) is 7.22. The SMILES string of the molecule is Cc1ccccc1CNC(=O)C(C)C(N)c1ccccc1. The third-order valence-corrected chi connectivity index (χ3v) is 3.85. The van der Waals surface area contributed by atoms with Gasteiger partial charge in [0.25, 0.3) is 0 Å². The van der Waals surface area contributed by atoms with Crippen LogP contribution in [0, 0.1) is 12.8 Å². The quantitative estimate of drug-likeness (QED) is 0.886. The van der Waals surface area contributed by atoms with Gasteiger partial charge in [-0.2, -0.15) is 0 Å². The number of aryl methyl sites for hydroxylation is 1. The Morgan fingerprint density at radius 1 is 1.10 bits per heavy atom. The van der Waals surface area contributed by atoms with E-state index in [1.165, 1.54) is 5.56 Å². The highest BCUT2D eigenvalue weighted by Crippen LogP contribution is 2.19. The molecule has 0 aliphatic rings. The Morgan fingerprint density at radius 3 is 2.38 bits per heavy atom. The largest absolute Gasteiger partial charge is 0.352 e. The lowest BCUT2D eigenvalue weighted by molar-refractivity contribution is -0.125. The summed E-state index contributed by atoms with van der Waals surface area (Å²) in [4.78, 5) is 12.3. The number of nitrogens with one attached hydrogen (secondary N) is 1. The standard InChI is InChI=1S/C18H22N2O/c1-13-8-6-7-11-16(13)12-20-18(21)14(2)17(19)15-9-4-3-5-10-15/h3-11,14,17H,12,19H2,1-2H3,(H,20,21). The zero-order valence-electron chi connectivity index (χ0n) is 12.5. The Labute approximate surface area is 126 Å². The van der Waals surface area contributed by atoms with Gasteiger partial charge in [0.1, 0.15) is 0 Å². The highest BCUT2D eigenvalue weighted by atomic mass is 16.1. The normalized spacial score (nSPS) is 13.5. The maximum absolute atomic E-state index is 12.3. The summed E-state index contributed by atoms with van der Waals surface area (Å²) in [6.07, 6.45) is 0. The van der Waals surface area contributed by atoms with Gasteiger partial charge in [0.05, 0.1) is 5.92 Å². The molecule has 2 aromatic carbocycles. The molecular formula is C18H22N2O. The van der Waals surface area contributed by atoms with Crippen molar-refractivity contribution >= 4 is 5.91 Å². The van der Waals surface area contributed by atoms with Gasteiger partial charge in [-0.05, 0) is 23.6 Å². The van der Waals surface area contributed by atoms with E-state index in [0.717, 1.165) is 11.1 Å². The van der Waals surface area contributed by atoms with Crippen molar-refractivity contribution < 1.29 is 4.79 Å². The molecule has 21 heavy (non-hydrogen) atoms. The molecule has 3 heteroatoms. The molecule has 0 saturated carbocycles. The molecule has 3 nitrogen and oxygen atoms in total. The van der Waals surface area contributed by atoms with E-state index in [4.69, 9.17) is 5.73 Å². The van der Waals surface area contributed by atoms with E-state index in [2.05, 4.69) is 5.32 Å². The summed E-state index contributed by atoms with van der Waals surface area (Å²) in [7, 11) is 0. The van der Waals surface area contributed by atoms with Gasteiger partial charge in [0.15, 0.2) is 0 Å². The topological polar surface area (TPSA) is 55.1 Å². The molecule has 3 N–H and O–H groups in total. The van der Waals surface area contributed by atoms with Crippen LogP contribution in [-0.4, -0.2) is 5.91 Å². The molecule has 2 unspecified atom stereocenters. The van der Waals surface area contributed by atoms with Gasteiger partial charge >= 0.3 is 0 Å². The minimum absolute atomic E-state index is 0.0189. The molecule has 0 aromatic heterocycles. The number of hydrogen-bond donors (Lipinski definition) is 2. The molecule has 0 radical (unpaired) electrons. The van der Waals surface area contributed by atoms with Crippen LogP contribution in [0.5, 0.6) is 0 Å². The second-order valence-electron chi connectivity index (χ2n) is 5.37. The molecule has 0 aliphatic heterocycles. The molecule has 2 aromatic rings.